The van der Waals surface area contributed by atoms with Gasteiger partial charge in [-0.15, -0.1) is 22.7 Å². The van der Waals surface area contributed by atoms with E-state index < -0.39 is 0 Å². The lowest BCUT2D eigenvalue weighted by Gasteiger charge is -2.34. The molecule has 2 saturated heterocycles. The van der Waals surface area contributed by atoms with Gasteiger partial charge in [-0.3, -0.25) is 9.59 Å². The summed E-state index contributed by atoms with van der Waals surface area (Å²) in [6, 6.07) is 16.2. The predicted molar refractivity (Wildman–Crippen MR) is 293 cm³/mol. The standard InChI is InChI=1S/C36H46N4O5S.C22H24N2O3S/c1-44-36(43)29-22-28-35(46-29)32(25-12-5-2-6-13-25)33-26-14-11-15-27(34(26)45-21-20-40(28)33)39(23-30(41)37-16-7-3-8-17-37)24-31(42)38-18-9-4-10-19-38;1-26-22(25)17-12-16-21(28-17)18(13-6-3-2-4-7-13)19-14-8-5-9-15(23)20(14)27-11-10-24(16)19/h11,14-15,22,25H,2-10,12-13,16-21,23-24H2,1H3;5,8-9,12-13H,2-4,6-7,10-11,23H2,1H3. The van der Waals surface area contributed by atoms with Gasteiger partial charge in [0.05, 0.1) is 83.6 Å². The zero-order valence-electron chi connectivity index (χ0n) is 43.1. The van der Waals surface area contributed by atoms with Crippen molar-refractivity contribution in [3.63, 3.8) is 0 Å². The van der Waals surface area contributed by atoms with Crippen LogP contribution >= 0.6 is 22.7 Å². The number of likely N-dealkylation sites (tertiary alicyclic amines) is 2. The molecule has 4 aromatic heterocycles. The Morgan fingerprint density at radius 3 is 1.49 bits per heavy atom. The molecule has 6 aliphatic rings. The Bertz CT molecular complexity index is 3020. The lowest BCUT2D eigenvalue weighted by Crippen LogP contribution is -2.47. The summed E-state index contributed by atoms with van der Waals surface area (Å²) in [5.74, 6) is 2.00. The van der Waals surface area contributed by atoms with Gasteiger partial charge in [0.1, 0.15) is 23.0 Å². The van der Waals surface area contributed by atoms with Gasteiger partial charge in [-0.25, -0.2) is 9.59 Å². The number of anilines is 2. The maximum atomic E-state index is 13.7. The van der Waals surface area contributed by atoms with Crippen LogP contribution in [0.3, 0.4) is 0 Å². The number of fused-ring (bicyclic) bond motifs is 10. The van der Waals surface area contributed by atoms with Gasteiger partial charge in [-0.2, -0.15) is 0 Å². The van der Waals surface area contributed by atoms with Gasteiger partial charge in [0.25, 0.3) is 0 Å². The van der Waals surface area contributed by atoms with E-state index in [2.05, 4.69) is 21.3 Å². The van der Waals surface area contributed by atoms with Crippen LogP contribution in [0.4, 0.5) is 11.4 Å². The maximum Gasteiger partial charge on any atom is 0.348 e. The molecule has 0 bridgehead atoms. The van der Waals surface area contributed by atoms with Crippen LogP contribution in [0.1, 0.15) is 145 Å². The van der Waals surface area contributed by atoms with E-state index in [1.54, 1.807) is 11.3 Å². The second-order valence-corrected chi connectivity index (χ2v) is 23.0. The predicted octanol–water partition coefficient (Wildman–Crippen LogP) is 11.6. The van der Waals surface area contributed by atoms with Crippen LogP contribution in [0.5, 0.6) is 11.5 Å². The van der Waals surface area contributed by atoms with Crippen molar-refractivity contribution >= 4 is 78.2 Å². The first-order valence-electron chi connectivity index (χ1n) is 27.3. The molecule has 6 aromatic rings. The third kappa shape index (κ3) is 9.65. The maximum absolute atomic E-state index is 13.7. The molecular weight excluding hydrogens is 973 g/mol. The van der Waals surface area contributed by atoms with Gasteiger partial charge in [0.2, 0.25) is 11.8 Å². The summed E-state index contributed by atoms with van der Waals surface area (Å²) < 4.78 is 29.8. The van der Waals surface area contributed by atoms with Crippen molar-refractivity contribution in [2.24, 2.45) is 0 Å². The minimum Gasteiger partial charge on any atom is -0.489 e. The number of rotatable bonds is 9. The van der Waals surface area contributed by atoms with Crippen molar-refractivity contribution in [2.75, 3.05) is 77.3 Å². The summed E-state index contributed by atoms with van der Waals surface area (Å²) in [5.41, 5.74) is 17.0. The summed E-state index contributed by atoms with van der Waals surface area (Å²) in [6.07, 6.45) is 18.5. The smallest absolute Gasteiger partial charge is 0.348 e. The molecule has 0 unspecified atom stereocenters. The second kappa shape index (κ2) is 22.1. The normalized spacial score (nSPS) is 18.1. The largest absolute Gasteiger partial charge is 0.489 e. The minimum atomic E-state index is -0.301. The summed E-state index contributed by atoms with van der Waals surface area (Å²) in [4.78, 5) is 59.4. The van der Waals surface area contributed by atoms with Gasteiger partial charge >= 0.3 is 11.9 Å². The number of carbonyl (C=O) groups excluding carboxylic acids is 4. The third-order valence-electron chi connectivity index (χ3n) is 16.4. The van der Waals surface area contributed by atoms with E-state index >= 15 is 0 Å². The first-order valence-corrected chi connectivity index (χ1v) is 28.9. The monoisotopic (exact) mass is 1040 g/mol. The topological polar surface area (TPSA) is 151 Å². The fourth-order valence-electron chi connectivity index (χ4n) is 12.8. The van der Waals surface area contributed by atoms with E-state index in [0.717, 1.165) is 134 Å². The number of aromatic nitrogens is 2. The molecule has 2 aliphatic carbocycles. The molecule has 392 valence electrons. The summed E-state index contributed by atoms with van der Waals surface area (Å²) >= 11 is 3.10. The van der Waals surface area contributed by atoms with Gasteiger partial charge < -0.3 is 48.5 Å². The zero-order chi connectivity index (χ0) is 50.9. The number of piperidine rings is 2. The van der Waals surface area contributed by atoms with Crippen LogP contribution in [0.15, 0.2) is 48.5 Å². The Labute approximate surface area is 441 Å². The van der Waals surface area contributed by atoms with Crippen molar-refractivity contribution in [3.8, 4) is 34.0 Å². The zero-order valence-corrected chi connectivity index (χ0v) is 44.7. The molecule has 14 nitrogen and oxygen atoms in total. The average molecular weight is 1040 g/mol. The van der Waals surface area contributed by atoms with E-state index in [-0.39, 0.29) is 36.8 Å². The van der Waals surface area contributed by atoms with Crippen LogP contribution in [0.2, 0.25) is 0 Å². The number of thiophene rings is 2. The van der Waals surface area contributed by atoms with Crippen LogP contribution in [-0.4, -0.2) is 109 Å². The molecule has 74 heavy (non-hydrogen) atoms. The molecule has 16 heteroatoms. The number of carbonyl (C=O) groups is 4. The molecule has 2 saturated carbocycles. The lowest BCUT2D eigenvalue weighted by molar-refractivity contribution is -0.131. The highest BCUT2D eigenvalue weighted by molar-refractivity contribution is 7.21. The number of nitrogens with zero attached hydrogens (tertiary/aromatic N) is 5. The molecule has 2 aromatic carbocycles. The van der Waals surface area contributed by atoms with Crippen LogP contribution in [0.25, 0.3) is 42.9 Å². The highest BCUT2D eigenvalue weighted by atomic mass is 32.1. The van der Waals surface area contributed by atoms with Crippen molar-refractivity contribution in [1.29, 1.82) is 0 Å². The summed E-state index contributed by atoms with van der Waals surface area (Å²) in [5, 5.41) is 0. The van der Waals surface area contributed by atoms with Crippen molar-refractivity contribution in [3.05, 3.63) is 69.4 Å². The van der Waals surface area contributed by atoms with Gasteiger partial charge in [-0.1, -0.05) is 50.7 Å². The average Bonchev–Trinajstić information content (AvgIpc) is 4.18. The minimum absolute atomic E-state index is 0.0690. The number of hydrogen-bond acceptors (Lipinski definition) is 12. The number of nitrogen functional groups attached to an aromatic ring is 1. The molecule has 2 amide bonds. The van der Waals surface area contributed by atoms with E-state index in [4.69, 9.17) is 24.7 Å². The molecular formula is C58H70N6O8S2. The van der Waals surface area contributed by atoms with Gasteiger partial charge in [0.15, 0.2) is 11.5 Å². The highest BCUT2D eigenvalue weighted by Crippen LogP contribution is 2.53. The summed E-state index contributed by atoms with van der Waals surface area (Å²) in [6.45, 7) is 5.79. The number of nitrogens with two attached hydrogens (primary N) is 1. The Morgan fingerprint density at radius 2 is 1.01 bits per heavy atom. The SMILES string of the molecule is COC(=O)c1cc2c(s1)c(C1CCCCC1)c1n2CCOc2c(N)cccc2-1.COC(=O)c1cc2c(s1)c(C1CCCCC1)c1n2CCOc2c-1cccc2N(CC(=O)N1CCCCC1)CC(=O)N1CCCCC1. The number of methoxy groups -OCH3 is 2. The second-order valence-electron chi connectivity index (χ2n) is 20.9. The number of amides is 2. The van der Waals surface area contributed by atoms with Crippen molar-refractivity contribution in [2.45, 2.75) is 128 Å². The first-order chi connectivity index (χ1) is 36.2. The van der Waals surface area contributed by atoms with Crippen molar-refractivity contribution in [1.82, 2.24) is 18.9 Å². The van der Waals surface area contributed by atoms with Crippen molar-refractivity contribution < 1.29 is 38.1 Å². The first kappa shape index (κ1) is 50.2. The quantitative estimate of drug-likeness (QED) is 0.109. The third-order valence-corrected chi connectivity index (χ3v) is 18.7. The van der Waals surface area contributed by atoms with Crippen LogP contribution < -0.4 is 20.1 Å². The number of esters is 2. The molecule has 0 radical (unpaired) electrons. The van der Waals surface area contributed by atoms with Crippen LogP contribution in [0, 0.1) is 0 Å². The number of hydrogen-bond donors (Lipinski definition) is 1. The Kier molecular flexibility index (Phi) is 15.0. The van der Waals surface area contributed by atoms with E-state index in [0.29, 0.717) is 47.0 Å². The number of para-hydroxylation sites is 2. The fraction of sp³-hybridized carbons (Fsp3) is 0.517. The van der Waals surface area contributed by atoms with E-state index in [1.807, 2.05) is 51.1 Å². The fourth-order valence-corrected chi connectivity index (χ4v) is 15.2. The summed E-state index contributed by atoms with van der Waals surface area (Å²) in [7, 11) is 2.88. The van der Waals surface area contributed by atoms with E-state index in [1.165, 1.54) is 98.4 Å². The molecule has 4 fully saturated rings. The van der Waals surface area contributed by atoms with Crippen LogP contribution in [-0.2, 0) is 32.2 Å². The molecule has 0 atom stereocenters. The Morgan fingerprint density at radius 1 is 0.581 bits per heavy atom. The molecule has 2 N–H and O–H groups in total. The molecule has 4 aliphatic heterocycles. The van der Waals surface area contributed by atoms with E-state index in [9.17, 15) is 19.2 Å². The Balaban J connectivity index is 0.000000179. The molecule has 8 heterocycles. The van der Waals surface area contributed by atoms with Gasteiger partial charge in [-0.05, 0) is 124 Å². The molecule has 12 rings (SSSR count). The number of ether oxygens (including phenoxy) is 4. The molecule has 0 spiro atoms. The highest BCUT2D eigenvalue weighted by Gasteiger charge is 2.35. The lowest BCUT2D eigenvalue weighted by atomic mass is 9.83. The number of benzene rings is 2. The van der Waals surface area contributed by atoms with Gasteiger partial charge in [0, 0.05) is 37.3 Å². The Hall–Kier alpha value is -6.00.